The van der Waals surface area contributed by atoms with Crippen molar-refractivity contribution in [1.29, 1.82) is 0 Å². The summed E-state index contributed by atoms with van der Waals surface area (Å²) in [6.07, 6.45) is 11.2. The van der Waals surface area contributed by atoms with Crippen molar-refractivity contribution in [3.05, 3.63) is 71.2 Å². The van der Waals surface area contributed by atoms with E-state index in [-0.39, 0.29) is 17.4 Å². The van der Waals surface area contributed by atoms with Crippen LogP contribution in [-0.4, -0.2) is 55.5 Å². The Morgan fingerprint density at radius 1 is 1.20 bits per heavy atom. The average Bonchev–Trinajstić information content (AvgIpc) is 3.39. The molecule has 0 radical (unpaired) electrons. The number of hydrogen-bond acceptors (Lipinski definition) is 6. The first-order valence-corrected chi connectivity index (χ1v) is 10.5. The number of H-pyrrole nitrogens is 1. The summed E-state index contributed by atoms with van der Waals surface area (Å²) in [5.74, 6) is 2.50. The molecule has 30 heavy (non-hydrogen) atoms. The Morgan fingerprint density at radius 3 is 2.77 bits per heavy atom. The van der Waals surface area contributed by atoms with Crippen molar-refractivity contribution in [3.63, 3.8) is 0 Å². The topological polar surface area (TPSA) is 88.4 Å². The molecule has 0 amide bonds. The molecule has 5 heterocycles. The number of likely N-dealkylation sites (tertiary alicyclic amines) is 1. The lowest BCUT2D eigenvalue weighted by molar-refractivity contribution is 0.0835. The van der Waals surface area contributed by atoms with Crippen LogP contribution in [0.25, 0.3) is 5.52 Å². The Labute approximate surface area is 174 Å². The third-order valence-electron chi connectivity index (χ3n) is 6.30. The van der Waals surface area contributed by atoms with E-state index in [1.807, 2.05) is 16.5 Å². The number of nitrogens with one attached hydrogen (secondary N) is 1. The van der Waals surface area contributed by atoms with Gasteiger partial charge in [0.25, 0.3) is 5.56 Å². The van der Waals surface area contributed by atoms with Crippen LogP contribution in [0.4, 0.5) is 0 Å². The van der Waals surface area contributed by atoms with Gasteiger partial charge in [-0.25, -0.2) is 15.0 Å². The van der Waals surface area contributed by atoms with Gasteiger partial charge in [0, 0.05) is 62.4 Å². The van der Waals surface area contributed by atoms with Gasteiger partial charge >= 0.3 is 0 Å². The highest BCUT2D eigenvalue weighted by molar-refractivity contribution is 5.45. The number of nitrogens with zero attached hydrogens (tertiary/aromatic N) is 5. The van der Waals surface area contributed by atoms with E-state index in [1.54, 1.807) is 18.6 Å². The van der Waals surface area contributed by atoms with E-state index in [1.165, 1.54) is 0 Å². The lowest BCUT2D eigenvalue weighted by atomic mass is 9.93. The van der Waals surface area contributed by atoms with Gasteiger partial charge in [0.05, 0.1) is 12.7 Å². The molecule has 8 heteroatoms. The molecule has 0 aliphatic carbocycles. The molecule has 0 bridgehead atoms. The van der Waals surface area contributed by atoms with Gasteiger partial charge in [-0.1, -0.05) is 6.08 Å². The standard InChI is InChI=1S/C22H26N6O2/c1-2-15-11-27(14-20-23-6-3-7-24-20)12-17(15)18-13-28-19(22(29)26-18)10-25-21(28)16-4-8-30-9-5-16/h2-3,6-7,10,13,15-17H,1,4-5,8-9,11-12,14H2,(H,26,29)/t15-,17-/m1/s1. The summed E-state index contributed by atoms with van der Waals surface area (Å²) in [6, 6.07) is 1.82. The minimum atomic E-state index is -0.0917. The van der Waals surface area contributed by atoms with Gasteiger partial charge in [-0.05, 0) is 24.8 Å². The predicted octanol–water partition coefficient (Wildman–Crippen LogP) is 2.11. The van der Waals surface area contributed by atoms with Crippen LogP contribution in [0.1, 0.15) is 42.0 Å². The molecule has 0 unspecified atom stereocenters. The third kappa shape index (κ3) is 3.57. The number of aromatic nitrogens is 5. The van der Waals surface area contributed by atoms with E-state index in [2.05, 4.69) is 37.6 Å². The van der Waals surface area contributed by atoms with Crippen LogP contribution < -0.4 is 5.56 Å². The van der Waals surface area contributed by atoms with E-state index in [0.717, 1.165) is 56.5 Å². The Balaban J connectivity index is 1.45. The molecule has 2 aliphatic rings. The fourth-order valence-corrected chi connectivity index (χ4v) is 4.71. The fraction of sp³-hybridized carbons (Fsp3) is 0.455. The molecule has 1 N–H and O–H groups in total. The maximum Gasteiger partial charge on any atom is 0.274 e. The number of ether oxygens (including phenoxy) is 1. The first-order valence-electron chi connectivity index (χ1n) is 10.5. The molecule has 0 aromatic carbocycles. The Hall–Kier alpha value is -2.84. The van der Waals surface area contributed by atoms with E-state index in [9.17, 15) is 4.79 Å². The smallest absolute Gasteiger partial charge is 0.274 e. The van der Waals surface area contributed by atoms with Crippen molar-refractivity contribution in [1.82, 2.24) is 29.2 Å². The van der Waals surface area contributed by atoms with Crippen LogP contribution in [0.2, 0.25) is 0 Å². The summed E-state index contributed by atoms with van der Waals surface area (Å²) in [5.41, 5.74) is 1.44. The van der Waals surface area contributed by atoms with E-state index >= 15 is 0 Å². The number of imidazole rings is 1. The maximum absolute atomic E-state index is 12.8. The SMILES string of the molecule is C=C[C@@H]1CN(Cc2ncccn2)C[C@H]1c1cn2c(C3CCOCC3)ncc2c(=O)[nH]1. The van der Waals surface area contributed by atoms with Crippen LogP contribution in [0, 0.1) is 5.92 Å². The van der Waals surface area contributed by atoms with Gasteiger partial charge in [0.1, 0.15) is 17.2 Å². The molecule has 3 aromatic rings. The molecule has 8 nitrogen and oxygen atoms in total. The zero-order valence-corrected chi connectivity index (χ0v) is 16.9. The summed E-state index contributed by atoms with van der Waals surface area (Å²) in [7, 11) is 0. The minimum Gasteiger partial charge on any atom is -0.381 e. The second kappa shape index (κ2) is 8.12. The third-order valence-corrected chi connectivity index (χ3v) is 6.30. The molecule has 2 saturated heterocycles. The van der Waals surface area contributed by atoms with Gasteiger partial charge < -0.3 is 9.72 Å². The first-order chi connectivity index (χ1) is 14.7. The highest BCUT2D eigenvalue weighted by Gasteiger charge is 2.33. The molecule has 2 aliphatic heterocycles. The van der Waals surface area contributed by atoms with Crippen LogP contribution >= 0.6 is 0 Å². The van der Waals surface area contributed by atoms with Gasteiger partial charge in [0.2, 0.25) is 0 Å². The number of rotatable bonds is 5. The zero-order chi connectivity index (χ0) is 20.5. The molecule has 3 aromatic heterocycles. The molecular formula is C22H26N6O2. The van der Waals surface area contributed by atoms with Crippen molar-refractivity contribution in [2.75, 3.05) is 26.3 Å². The second-order valence-electron chi connectivity index (χ2n) is 8.16. The second-order valence-corrected chi connectivity index (χ2v) is 8.16. The predicted molar refractivity (Wildman–Crippen MR) is 112 cm³/mol. The Morgan fingerprint density at radius 2 is 2.00 bits per heavy atom. The molecule has 0 spiro atoms. The van der Waals surface area contributed by atoms with Crippen molar-refractivity contribution in [2.24, 2.45) is 5.92 Å². The van der Waals surface area contributed by atoms with E-state index in [4.69, 9.17) is 4.74 Å². The molecule has 2 fully saturated rings. The Bertz CT molecular complexity index is 1090. The lowest BCUT2D eigenvalue weighted by Crippen LogP contribution is -2.22. The monoisotopic (exact) mass is 406 g/mol. The normalized spacial score (nSPS) is 23.2. The number of fused-ring (bicyclic) bond motifs is 1. The highest BCUT2D eigenvalue weighted by Crippen LogP contribution is 2.33. The summed E-state index contributed by atoms with van der Waals surface area (Å²) in [4.78, 5) is 31.5. The number of hydrogen-bond donors (Lipinski definition) is 1. The minimum absolute atomic E-state index is 0.0917. The lowest BCUT2D eigenvalue weighted by Gasteiger charge is -2.21. The highest BCUT2D eigenvalue weighted by atomic mass is 16.5. The average molecular weight is 406 g/mol. The molecule has 2 atom stereocenters. The van der Waals surface area contributed by atoms with Crippen LogP contribution in [0.3, 0.4) is 0 Å². The van der Waals surface area contributed by atoms with Crippen LogP contribution in [0.5, 0.6) is 0 Å². The summed E-state index contributed by atoms with van der Waals surface area (Å²) >= 11 is 0. The molecular weight excluding hydrogens is 380 g/mol. The number of aromatic amines is 1. The van der Waals surface area contributed by atoms with Crippen LogP contribution in [0.15, 0.2) is 48.3 Å². The van der Waals surface area contributed by atoms with E-state index in [0.29, 0.717) is 18.0 Å². The van der Waals surface area contributed by atoms with Gasteiger partial charge in [-0.2, -0.15) is 0 Å². The summed E-state index contributed by atoms with van der Waals surface area (Å²) in [5, 5.41) is 0. The van der Waals surface area contributed by atoms with Crippen LogP contribution in [-0.2, 0) is 11.3 Å². The Kier molecular flexibility index (Phi) is 5.18. The molecule has 5 rings (SSSR count). The molecule has 156 valence electrons. The summed E-state index contributed by atoms with van der Waals surface area (Å²) < 4.78 is 7.49. The van der Waals surface area contributed by atoms with Gasteiger partial charge in [-0.3, -0.25) is 14.1 Å². The fourth-order valence-electron chi connectivity index (χ4n) is 4.71. The van der Waals surface area contributed by atoms with Crippen molar-refractivity contribution in [2.45, 2.75) is 31.2 Å². The first kappa shape index (κ1) is 19.1. The van der Waals surface area contributed by atoms with Crippen molar-refractivity contribution < 1.29 is 4.74 Å². The van der Waals surface area contributed by atoms with Crippen molar-refractivity contribution >= 4 is 5.52 Å². The van der Waals surface area contributed by atoms with E-state index < -0.39 is 0 Å². The zero-order valence-electron chi connectivity index (χ0n) is 16.9. The van der Waals surface area contributed by atoms with Gasteiger partial charge in [-0.15, -0.1) is 6.58 Å². The van der Waals surface area contributed by atoms with Crippen molar-refractivity contribution in [3.8, 4) is 0 Å². The summed E-state index contributed by atoms with van der Waals surface area (Å²) in [6.45, 7) is 7.90. The quantitative estimate of drug-likeness (QED) is 0.653. The molecule has 0 saturated carbocycles. The largest absolute Gasteiger partial charge is 0.381 e. The van der Waals surface area contributed by atoms with Gasteiger partial charge in [0.15, 0.2) is 0 Å². The maximum atomic E-state index is 12.8.